The van der Waals surface area contributed by atoms with Crippen molar-refractivity contribution in [2.24, 2.45) is 11.8 Å². The molecular formula is C25H31N5O2S. The number of para-hydroxylation sites is 1. The molecule has 2 amide bonds. The van der Waals surface area contributed by atoms with E-state index in [0.29, 0.717) is 19.1 Å². The van der Waals surface area contributed by atoms with Crippen molar-refractivity contribution in [3.63, 3.8) is 0 Å². The first-order valence-electron chi connectivity index (χ1n) is 12.1. The van der Waals surface area contributed by atoms with Gasteiger partial charge in [-0.3, -0.25) is 9.59 Å². The number of nitriles is 1. The molecule has 0 radical (unpaired) electrons. The van der Waals surface area contributed by atoms with Crippen LogP contribution in [0.25, 0.3) is 10.2 Å². The third-order valence-corrected chi connectivity index (χ3v) is 8.78. The molecule has 2 saturated carbocycles. The number of anilines is 1. The lowest BCUT2D eigenvalue weighted by molar-refractivity contribution is -0.144. The SMILES string of the molecule is CN(c1nc2ccccc2s1)C1CCN(C(=O)[C@@H]2CCCC[C@H]2C(=O)NC2(C#N)CC2)CC1. The first-order valence-corrected chi connectivity index (χ1v) is 12.9. The highest BCUT2D eigenvalue weighted by Crippen LogP contribution is 2.38. The Balaban J connectivity index is 1.20. The molecule has 1 saturated heterocycles. The van der Waals surface area contributed by atoms with Crippen LogP contribution in [0.15, 0.2) is 24.3 Å². The molecule has 1 N–H and O–H groups in total. The van der Waals surface area contributed by atoms with E-state index < -0.39 is 5.54 Å². The molecule has 2 atom stereocenters. The number of nitrogens with one attached hydrogen (secondary N) is 1. The Morgan fingerprint density at radius 2 is 1.85 bits per heavy atom. The fourth-order valence-electron chi connectivity index (χ4n) is 5.33. The largest absolute Gasteiger partial charge is 0.348 e. The van der Waals surface area contributed by atoms with Crippen molar-refractivity contribution < 1.29 is 9.59 Å². The van der Waals surface area contributed by atoms with Gasteiger partial charge in [0.05, 0.1) is 16.3 Å². The highest BCUT2D eigenvalue weighted by molar-refractivity contribution is 7.22. The number of piperidine rings is 1. The molecule has 7 nitrogen and oxygen atoms in total. The van der Waals surface area contributed by atoms with Crippen LogP contribution >= 0.6 is 11.3 Å². The third-order valence-electron chi connectivity index (χ3n) is 7.65. The molecule has 2 aliphatic carbocycles. The van der Waals surface area contributed by atoms with E-state index in [4.69, 9.17) is 4.98 Å². The lowest BCUT2D eigenvalue weighted by atomic mass is 9.77. The topological polar surface area (TPSA) is 89.3 Å². The predicted molar refractivity (Wildman–Crippen MR) is 129 cm³/mol. The van der Waals surface area contributed by atoms with Gasteiger partial charge in [0.15, 0.2) is 5.13 Å². The summed E-state index contributed by atoms with van der Waals surface area (Å²) < 4.78 is 1.19. The zero-order valence-electron chi connectivity index (χ0n) is 19.1. The molecule has 3 fully saturated rings. The molecule has 1 aliphatic heterocycles. The van der Waals surface area contributed by atoms with Gasteiger partial charge in [-0.1, -0.05) is 36.3 Å². The van der Waals surface area contributed by atoms with Gasteiger partial charge in [-0.15, -0.1) is 0 Å². The lowest BCUT2D eigenvalue weighted by Crippen LogP contribution is -2.51. The van der Waals surface area contributed by atoms with Gasteiger partial charge in [-0.25, -0.2) is 4.98 Å². The Hall–Kier alpha value is -2.66. The summed E-state index contributed by atoms with van der Waals surface area (Å²) in [5, 5.41) is 13.3. The number of hydrogen-bond acceptors (Lipinski definition) is 6. The third kappa shape index (κ3) is 4.43. The van der Waals surface area contributed by atoms with Gasteiger partial charge in [0.25, 0.3) is 0 Å². The fourth-order valence-corrected chi connectivity index (χ4v) is 6.33. The van der Waals surface area contributed by atoms with Crippen LogP contribution in [0.3, 0.4) is 0 Å². The quantitative estimate of drug-likeness (QED) is 0.727. The monoisotopic (exact) mass is 465 g/mol. The number of rotatable bonds is 5. The van der Waals surface area contributed by atoms with E-state index >= 15 is 0 Å². The molecule has 33 heavy (non-hydrogen) atoms. The van der Waals surface area contributed by atoms with Crippen LogP contribution in [-0.4, -0.2) is 53.4 Å². The second-order valence-corrected chi connectivity index (χ2v) is 10.8. The summed E-state index contributed by atoms with van der Waals surface area (Å²) in [7, 11) is 2.10. The van der Waals surface area contributed by atoms with Crippen LogP contribution in [0.1, 0.15) is 51.4 Å². The number of amides is 2. The summed E-state index contributed by atoms with van der Waals surface area (Å²) >= 11 is 1.71. The molecule has 1 aromatic heterocycles. The highest BCUT2D eigenvalue weighted by Gasteiger charge is 2.47. The van der Waals surface area contributed by atoms with E-state index in [0.717, 1.165) is 62.0 Å². The predicted octanol–water partition coefficient (Wildman–Crippen LogP) is 3.70. The molecule has 2 heterocycles. The number of aromatic nitrogens is 1. The van der Waals surface area contributed by atoms with Crippen LogP contribution in [-0.2, 0) is 9.59 Å². The molecular weight excluding hydrogens is 434 g/mol. The van der Waals surface area contributed by atoms with Crippen molar-refractivity contribution in [2.75, 3.05) is 25.0 Å². The first kappa shape index (κ1) is 22.1. The Morgan fingerprint density at radius 1 is 1.15 bits per heavy atom. The zero-order chi connectivity index (χ0) is 23.0. The number of fused-ring (bicyclic) bond motifs is 1. The van der Waals surface area contributed by atoms with Crippen molar-refractivity contribution in [2.45, 2.75) is 62.9 Å². The zero-order valence-corrected chi connectivity index (χ0v) is 19.9. The molecule has 8 heteroatoms. The maximum absolute atomic E-state index is 13.4. The Labute approximate surface area is 198 Å². The molecule has 5 rings (SSSR count). The van der Waals surface area contributed by atoms with Crippen LogP contribution in [0.2, 0.25) is 0 Å². The Kier molecular flexibility index (Phi) is 6.00. The summed E-state index contributed by atoms with van der Waals surface area (Å²) in [6, 6.07) is 10.8. The van der Waals surface area contributed by atoms with E-state index in [9.17, 15) is 14.9 Å². The van der Waals surface area contributed by atoms with Crippen molar-refractivity contribution >= 4 is 38.5 Å². The molecule has 0 unspecified atom stereocenters. The lowest BCUT2D eigenvalue weighted by Gasteiger charge is -2.40. The number of carbonyl (C=O) groups excluding carboxylic acids is 2. The molecule has 0 spiro atoms. The van der Waals surface area contributed by atoms with Gasteiger partial charge in [0.1, 0.15) is 5.54 Å². The summed E-state index contributed by atoms with van der Waals surface area (Å²) in [4.78, 5) is 35.4. The molecule has 0 bridgehead atoms. The van der Waals surface area contributed by atoms with Crippen LogP contribution in [0.5, 0.6) is 0 Å². The normalized spacial score (nSPS) is 24.8. The van der Waals surface area contributed by atoms with Crippen molar-refractivity contribution in [1.29, 1.82) is 5.26 Å². The minimum Gasteiger partial charge on any atom is -0.348 e. The minimum atomic E-state index is -0.675. The summed E-state index contributed by atoms with van der Waals surface area (Å²) in [6.07, 6.45) is 6.70. The summed E-state index contributed by atoms with van der Waals surface area (Å²) in [5.74, 6) is -0.540. The van der Waals surface area contributed by atoms with Crippen LogP contribution < -0.4 is 10.2 Å². The first-order chi connectivity index (χ1) is 16.0. The van der Waals surface area contributed by atoms with Gasteiger partial charge in [-0.2, -0.15) is 5.26 Å². The van der Waals surface area contributed by atoms with Gasteiger partial charge in [0.2, 0.25) is 11.8 Å². The van der Waals surface area contributed by atoms with E-state index in [-0.39, 0.29) is 23.7 Å². The average Bonchev–Trinajstić information content (AvgIpc) is 3.50. The number of hydrogen-bond donors (Lipinski definition) is 1. The molecule has 174 valence electrons. The fraction of sp³-hybridized carbons (Fsp3) is 0.600. The van der Waals surface area contributed by atoms with Gasteiger partial charge in [-0.05, 0) is 50.7 Å². The average molecular weight is 466 g/mol. The molecule has 2 aromatic rings. The number of likely N-dealkylation sites (tertiary alicyclic amines) is 1. The van der Waals surface area contributed by atoms with Crippen molar-refractivity contribution in [1.82, 2.24) is 15.2 Å². The van der Waals surface area contributed by atoms with Gasteiger partial charge < -0.3 is 15.1 Å². The molecule has 3 aliphatic rings. The minimum absolute atomic E-state index is 0.0995. The van der Waals surface area contributed by atoms with E-state index in [2.05, 4.69) is 29.4 Å². The number of nitrogens with zero attached hydrogens (tertiary/aromatic N) is 4. The maximum atomic E-state index is 13.4. The Bertz CT molecular complexity index is 1050. The van der Waals surface area contributed by atoms with Crippen molar-refractivity contribution in [3.05, 3.63) is 24.3 Å². The second-order valence-electron chi connectivity index (χ2n) is 9.81. The van der Waals surface area contributed by atoms with Crippen LogP contribution in [0.4, 0.5) is 5.13 Å². The van der Waals surface area contributed by atoms with Crippen LogP contribution in [0, 0.1) is 23.2 Å². The maximum Gasteiger partial charge on any atom is 0.226 e. The highest BCUT2D eigenvalue weighted by atomic mass is 32.1. The Morgan fingerprint density at radius 3 is 2.52 bits per heavy atom. The molecule has 1 aromatic carbocycles. The smallest absolute Gasteiger partial charge is 0.226 e. The van der Waals surface area contributed by atoms with Gasteiger partial charge in [0, 0.05) is 38.0 Å². The number of benzene rings is 1. The standard InChI is InChI=1S/C25H31N5O2S/c1-29(24-27-20-8-4-5-9-21(20)33-24)17-10-14-30(15-11-17)23(32)19-7-3-2-6-18(19)22(31)28-25(16-26)12-13-25/h4-5,8-9,17-19H,2-3,6-7,10-15H2,1H3,(H,28,31)/t18-,19-/m1/s1. The van der Waals surface area contributed by atoms with E-state index in [1.54, 1.807) is 11.3 Å². The second kappa shape index (κ2) is 8.94. The van der Waals surface area contributed by atoms with Crippen molar-refractivity contribution in [3.8, 4) is 6.07 Å². The summed E-state index contributed by atoms with van der Waals surface area (Å²) in [5.41, 5.74) is 0.356. The van der Waals surface area contributed by atoms with E-state index in [1.165, 1.54) is 4.70 Å². The number of carbonyl (C=O) groups is 2. The number of thiazole rings is 1. The van der Waals surface area contributed by atoms with Gasteiger partial charge >= 0.3 is 0 Å². The van der Waals surface area contributed by atoms with E-state index in [1.807, 2.05) is 23.1 Å². The summed E-state index contributed by atoms with van der Waals surface area (Å²) in [6.45, 7) is 1.43.